The summed E-state index contributed by atoms with van der Waals surface area (Å²) in [6.07, 6.45) is 5.75. The van der Waals surface area contributed by atoms with Crippen LogP contribution in [0.15, 0.2) is 67.0 Å². The van der Waals surface area contributed by atoms with Crippen molar-refractivity contribution < 1.29 is 14.3 Å². The fraction of sp³-hybridized carbons (Fsp3) is 0.333. The molecule has 0 radical (unpaired) electrons. The van der Waals surface area contributed by atoms with E-state index in [0.717, 1.165) is 43.6 Å². The third kappa shape index (κ3) is 7.05. The molecular formula is C27H33N3O3. The van der Waals surface area contributed by atoms with Gasteiger partial charge in [0.2, 0.25) is 0 Å². The van der Waals surface area contributed by atoms with Crippen molar-refractivity contribution in [3.8, 4) is 22.6 Å². The molecule has 0 aliphatic heterocycles. The summed E-state index contributed by atoms with van der Waals surface area (Å²) >= 11 is 0. The van der Waals surface area contributed by atoms with Crippen LogP contribution in [0.25, 0.3) is 11.1 Å². The van der Waals surface area contributed by atoms with Crippen molar-refractivity contribution in [2.75, 3.05) is 38.7 Å². The van der Waals surface area contributed by atoms with Gasteiger partial charge in [-0.15, -0.1) is 0 Å². The molecule has 1 aromatic heterocycles. The zero-order valence-corrected chi connectivity index (χ0v) is 19.7. The lowest BCUT2D eigenvalue weighted by molar-refractivity contribution is 0.102. The van der Waals surface area contributed by atoms with Crippen LogP contribution in [0.4, 0.5) is 5.69 Å². The largest absolute Gasteiger partial charge is 0.493 e. The molecule has 6 nitrogen and oxygen atoms in total. The van der Waals surface area contributed by atoms with Crippen LogP contribution < -0.4 is 14.8 Å². The number of hydrogen-bond acceptors (Lipinski definition) is 5. The standard InChI is InChI=1S/C27H33N3O3/c1-4-16-30(17-5-2)18-19-33-26-20-24(10-11-25(26)32-3)29-27(31)23-8-6-21(7-9-23)22-12-14-28-15-13-22/h6-15,20H,4-5,16-19H2,1-3H3,(H,29,31). The Bertz CT molecular complexity index is 1000. The Hall–Kier alpha value is -3.38. The molecule has 0 aliphatic carbocycles. The van der Waals surface area contributed by atoms with Gasteiger partial charge in [-0.1, -0.05) is 26.0 Å². The summed E-state index contributed by atoms with van der Waals surface area (Å²) in [5, 5.41) is 2.95. The van der Waals surface area contributed by atoms with Gasteiger partial charge >= 0.3 is 0 Å². The molecule has 1 N–H and O–H groups in total. The zero-order valence-electron chi connectivity index (χ0n) is 19.7. The molecule has 1 amide bonds. The molecule has 33 heavy (non-hydrogen) atoms. The summed E-state index contributed by atoms with van der Waals surface area (Å²) in [6.45, 7) is 7.90. The summed E-state index contributed by atoms with van der Waals surface area (Å²) in [6, 6.07) is 16.8. The van der Waals surface area contributed by atoms with Crippen molar-refractivity contribution in [2.24, 2.45) is 0 Å². The summed E-state index contributed by atoms with van der Waals surface area (Å²) in [4.78, 5) is 19.2. The van der Waals surface area contributed by atoms with Crippen molar-refractivity contribution in [3.63, 3.8) is 0 Å². The lowest BCUT2D eigenvalue weighted by Gasteiger charge is -2.21. The van der Waals surface area contributed by atoms with Gasteiger partial charge < -0.3 is 14.8 Å². The molecule has 3 aromatic rings. The van der Waals surface area contributed by atoms with Crippen molar-refractivity contribution in [3.05, 3.63) is 72.6 Å². The Morgan fingerprint density at radius 3 is 2.18 bits per heavy atom. The van der Waals surface area contributed by atoms with E-state index in [1.807, 2.05) is 54.6 Å². The molecule has 174 valence electrons. The van der Waals surface area contributed by atoms with Gasteiger partial charge in [-0.05, 0) is 73.5 Å². The number of nitrogens with one attached hydrogen (secondary N) is 1. The highest BCUT2D eigenvalue weighted by Crippen LogP contribution is 2.30. The zero-order chi connectivity index (χ0) is 23.5. The van der Waals surface area contributed by atoms with Crippen molar-refractivity contribution >= 4 is 11.6 Å². The van der Waals surface area contributed by atoms with Gasteiger partial charge in [-0.3, -0.25) is 14.7 Å². The molecule has 0 bridgehead atoms. The molecule has 0 saturated carbocycles. The minimum Gasteiger partial charge on any atom is -0.493 e. The van der Waals surface area contributed by atoms with E-state index in [1.54, 1.807) is 19.5 Å². The van der Waals surface area contributed by atoms with Gasteiger partial charge in [0.25, 0.3) is 5.91 Å². The summed E-state index contributed by atoms with van der Waals surface area (Å²) in [7, 11) is 1.62. The second-order valence-electron chi connectivity index (χ2n) is 7.82. The third-order valence-corrected chi connectivity index (χ3v) is 5.33. The highest BCUT2D eigenvalue weighted by atomic mass is 16.5. The molecule has 0 fully saturated rings. The lowest BCUT2D eigenvalue weighted by Crippen LogP contribution is -2.30. The second-order valence-corrected chi connectivity index (χ2v) is 7.82. The number of nitrogens with zero attached hydrogens (tertiary/aromatic N) is 2. The van der Waals surface area contributed by atoms with Gasteiger partial charge in [0.15, 0.2) is 11.5 Å². The van der Waals surface area contributed by atoms with Crippen LogP contribution in [0.3, 0.4) is 0 Å². The van der Waals surface area contributed by atoms with E-state index in [0.29, 0.717) is 29.4 Å². The number of methoxy groups -OCH3 is 1. The predicted molar refractivity (Wildman–Crippen MR) is 133 cm³/mol. The van der Waals surface area contributed by atoms with Crippen LogP contribution >= 0.6 is 0 Å². The molecule has 0 saturated heterocycles. The third-order valence-electron chi connectivity index (χ3n) is 5.33. The maximum atomic E-state index is 12.8. The molecule has 6 heteroatoms. The van der Waals surface area contributed by atoms with E-state index in [9.17, 15) is 4.79 Å². The summed E-state index contributed by atoms with van der Waals surface area (Å²) in [5.74, 6) is 1.09. The van der Waals surface area contributed by atoms with E-state index < -0.39 is 0 Å². The normalized spacial score (nSPS) is 10.8. The van der Waals surface area contributed by atoms with Gasteiger partial charge in [0.05, 0.1) is 7.11 Å². The first-order valence-electron chi connectivity index (χ1n) is 11.5. The van der Waals surface area contributed by atoms with E-state index in [-0.39, 0.29) is 5.91 Å². The Morgan fingerprint density at radius 2 is 1.55 bits per heavy atom. The number of pyridine rings is 1. The van der Waals surface area contributed by atoms with E-state index in [4.69, 9.17) is 9.47 Å². The average molecular weight is 448 g/mol. The number of aromatic nitrogens is 1. The number of rotatable bonds is 12. The predicted octanol–water partition coefficient (Wildman–Crippen LogP) is 5.51. The van der Waals surface area contributed by atoms with Crippen LogP contribution in [0, 0.1) is 0 Å². The molecule has 0 spiro atoms. The first-order chi connectivity index (χ1) is 16.1. The Labute approximate surface area is 196 Å². The molecule has 3 rings (SSSR count). The molecular weight excluding hydrogens is 414 g/mol. The van der Waals surface area contributed by atoms with E-state index >= 15 is 0 Å². The lowest BCUT2D eigenvalue weighted by atomic mass is 10.0. The number of anilines is 1. The Balaban J connectivity index is 1.64. The fourth-order valence-corrected chi connectivity index (χ4v) is 3.68. The van der Waals surface area contributed by atoms with Crippen LogP contribution in [0.5, 0.6) is 11.5 Å². The molecule has 0 atom stereocenters. The maximum absolute atomic E-state index is 12.8. The highest BCUT2D eigenvalue weighted by molar-refractivity contribution is 6.04. The van der Waals surface area contributed by atoms with Crippen molar-refractivity contribution in [1.82, 2.24) is 9.88 Å². The SMILES string of the molecule is CCCN(CCC)CCOc1cc(NC(=O)c2ccc(-c3ccncc3)cc2)ccc1OC. The molecule has 2 aromatic carbocycles. The number of hydrogen-bond donors (Lipinski definition) is 1. The number of ether oxygens (including phenoxy) is 2. The first kappa shape index (κ1) is 24.3. The average Bonchev–Trinajstić information content (AvgIpc) is 2.85. The Kier molecular flexibility index (Phi) is 9.27. The Morgan fingerprint density at radius 1 is 0.879 bits per heavy atom. The van der Waals surface area contributed by atoms with Crippen molar-refractivity contribution in [2.45, 2.75) is 26.7 Å². The summed E-state index contributed by atoms with van der Waals surface area (Å²) in [5.41, 5.74) is 3.34. The monoisotopic (exact) mass is 447 g/mol. The van der Waals surface area contributed by atoms with Gasteiger partial charge in [-0.2, -0.15) is 0 Å². The number of carbonyl (C=O) groups excluding carboxylic acids is 1. The van der Waals surface area contributed by atoms with Gasteiger partial charge in [0.1, 0.15) is 6.61 Å². The van der Waals surface area contributed by atoms with E-state index in [2.05, 4.69) is 29.0 Å². The van der Waals surface area contributed by atoms with E-state index in [1.165, 1.54) is 0 Å². The van der Waals surface area contributed by atoms with Gasteiger partial charge in [0, 0.05) is 36.3 Å². The second kappa shape index (κ2) is 12.6. The minimum atomic E-state index is -0.176. The van der Waals surface area contributed by atoms with Crippen LogP contribution in [0.2, 0.25) is 0 Å². The number of amides is 1. The number of benzene rings is 2. The maximum Gasteiger partial charge on any atom is 0.255 e. The fourth-order valence-electron chi connectivity index (χ4n) is 3.68. The topological polar surface area (TPSA) is 63.7 Å². The molecule has 0 unspecified atom stereocenters. The molecule has 0 aliphatic rings. The molecule has 1 heterocycles. The first-order valence-corrected chi connectivity index (χ1v) is 11.5. The highest BCUT2D eigenvalue weighted by Gasteiger charge is 2.11. The smallest absolute Gasteiger partial charge is 0.255 e. The van der Waals surface area contributed by atoms with Gasteiger partial charge in [-0.25, -0.2) is 0 Å². The van der Waals surface area contributed by atoms with Crippen LogP contribution in [-0.4, -0.2) is 49.1 Å². The quantitative estimate of drug-likeness (QED) is 0.397. The minimum absolute atomic E-state index is 0.176. The van der Waals surface area contributed by atoms with Crippen LogP contribution in [0.1, 0.15) is 37.0 Å². The van der Waals surface area contributed by atoms with Crippen molar-refractivity contribution in [1.29, 1.82) is 0 Å². The summed E-state index contributed by atoms with van der Waals surface area (Å²) < 4.78 is 11.5. The number of carbonyl (C=O) groups is 1. The van der Waals surface area contributed by atoms with Crippen LogP contribution in [-0.2, 0) is 0 Å².